The smallest absolute Gasteiger partial charge is 0.197 e. The van der Waals surface area contributed by atoms with Crippen LogP contribution in [-0.4, -0.2) is 12.8 Å². The molecule has 1 aromatic carbocycles. The van der Waals surface area contributed by atoms with Crippen LogP contribution < -0.4 is 10.4 Å². The van der Waals surface area contributed by atoms with Gasteiger partial charge < -0.3 is 4.90 Å². The fourth-order valence-corrected chi connectivity index (χ4v) is 2.91. The van der Waals surface area contributed by atoms with Gasteiger partial charge in [-0.05, 0) is 17.7 Å². The molecule has 2 aliphatic heterocycles. The molecular formula is C13H16N2O. The minimum absolute atomic E-state index is 0.0711. The van der Waals surface area contributed by atoms with Crippen LogP contribution >= 0.6 is 0 Å². The lowest BCUT2D eigenvalue weighted by molar-refractivity contribution is -0.0700. The Balaban J connectivity index is 2.25. The number of benzene rings is 1. The highest BCUT2D eigenvalue weighted by Gasteiger charge is 2.57. The Morgan fingerprint density at radius 3 is 2.62 bits per heavy atom. The Kier molecular flexibility index (Phi) is 1.70. The SMILES string of the molecule is CN1c2ccccc2C(C)(C)[C@]12C=CNO2. The first kappa shape index (κ1) is 9.73. The summed E-state index contributed by atoms with van der Waals surface area (Å²) in [4.78, 5) is 7.97. The molecule has 2 heterocycles. The summed E-state index contributed by atoms with van der Waals surface area (Å²) >= 11 is 0. The molecule has 0 saturated heterocycles. The zero-order valence-corrected chi connectivity index (χ0v) is 9.82. The van der Waals surface area contributed by atoms with Gasteiger partial charge in [0, 0.05) is 24.4 Å². The Hall–Kier alpha value is -1.48. The molecule has 0 unspecified atom stereocenters. The Morgan fingerprint density at radius 2 is 2.00 bits per heavy atom. The second kappa shape index (κ2) is 2.80. The number of nitrogens with one attached hydrogen (secondary N) is 1. The molecule has 0 bridgehead atoms. The van der Waals surface area contributed by atoms with Gasteiger partial charge in [0.05, 0.1) is 0 Å². The number of para-hydroxylation sites is 1. The van der Waals surface area contributed by atoms with Crippen LogP contribution in [0.1, 0.15) is 19.4 Å². The number of rotatable bonds is 0. The lowest BCUT2D eigenvalue weighted by Crippen LogP contribution is -2.54. The lowest BCUT2D eigenvalue weighted by Gasteiger charge is -2.39. The number of hydrogen-bond acceptors (Lipinski definition) is 3. The zero-order valence-electron chi connectivity index (χ0n) is 9.82. The molecule has 0 aliphatic carbocycles. The first-order valence-corrected chi connectivity index (χ1v) is 5.54. The normalized spacial score (nSPS) is 29.6. The second-order valence-corrected chi connectivity index (χ2v) is 4.95. The Labute approximate surface area is 95.7 Å². The van der Waals surface area contributed by atoms with Gasteiger partial charge >= 0.3 is 0 Å². The summed E-state index contributed by atoms with van der Waals surface area (Å²) in [5, 5.41) is 0. The molecule has 0 amide bonds. The van der Waals surface area contributed by atoms with E-state index in [0.29, 0.717) is 0 Å². The van der Waals surface area contributed by atoms with Crippen molar-refractivity contribution in [2.75, 3.05) is 11.9 Å². The van der Waals surface area contributed by atoms with E-state index in [1.54, 1.807) is 0 Å². The molecule has 16 heavy (non-hydrogen) atoms. The summed E-state index contributed by atoms with van der Waals surface area (Å²) < 4.78 is 0. The Bertz CT molecular complexity index is 467. The molecule has 1 spiro atoms. The van der Waals surface area contributed by atoms with Gasteiger partial charge in [0.15, 0.2) is 5.72 Å². The van der Waals surface area contributed by atoms with Crippen LogP contribution in [0.25, 0.3) is 0 Å². The van der Waals surface area contributed by atoms with E-state index in [1.165, 1.54) is 11.3 Å². The maximum absolute atomic E-state index is 5.78. The Morgan fingerprint density at radius 1 is 1.25 bits per heavy atom. The highest BCUT2D eigenvalue weighted by atomic mass is 16.7. The molecule has 3 heteroatoms. The fourth-order valence-electron chi connectivity index (χ4n) is 2.91. The van der Waals surface area contributed by atoms with E-state index in [-0.39, 0.29) is 5.41 Å². The second-order valence-electron chi connectivity index (χ2n) is 4.95. The molecule has 3 rings (SSSR count). The number of likely N-dealkylation sites (N-methyl/N-ethyl adjacent to an activating group) is 1. The molecule has 1 N–H and O–H groups in total. The van der Waals surface area contributed by atoms with Crippen molar-refractivity contribution in [3.63, 3.8) is 0 Å². The largest absolute Gasteiger partial charge is 0.340 e. The minimum Gasteiger partial charge on any atom is -0.340 e. The van der Waals surface area contributed by atoms with Gasteiger partial charge in [-0.3, -0.25) is 5.48 Å². The highest BCUT2D eigenvalue weighted by molar-refractivity contribution is 5.66. The topological polar surface area (TPSA) is 24.5 Å². The van der Waals surface area contributed by atoms with Gasteiger partial charge in [-0.25, -0.2) is 4.84 Å². The number of fused-ring (bicyclic) bond motifs is 1. The van der Waals surface area contributed by atoms with Gasteiger partial charge in [-0.1, -0.05) is 32.0 Å². The van der Waals surface area contributed by atoms with Crippen molar-refractivity contribution in [3.05, 3.63) is 42.1 Å². The van der Waals surface area contributed by atoms with Crippen LogP contribution in [0.15, 0.2) is 36.5 Å². The molecule has 1 atom stereocenters. The molecule has 1 aromatic rings. The molecule has 0 radical (unpaired) electrons. The van der Waals surface area contributed by atoms with Crippen molar-refractivity contribution < 1.29 is 4.84 Å². The molecular weight excluding hydrogens is 200 g/mol. The molecule has 3 nitrogen and oxygen atoms in total. The molecule has 2 aliphatic rings. The van der Waals surface area contributed by atoms with Crippen molar-refractivity contribution in [1.29, 1.82) is 0 Å². The van der Waals surface area contributed by atoms with E-state index in [4.69, 9.17) is 4.84 Å². The number of anilines is 1. The van der Waals surface area contributed by atoms with Crippen molar-refractivity contribution in [2.24, 2.45) is 0 Å². The van der Waals surface area contributed by atoms with Gasteiger partial charge in [0.2, 0.25) is 0 Å². The number of hydroxylamine groups is 1. The number of hydrogen-bond donors (Lipinski definition) is 1. The average Bonchev–Trinajstić information content (AvgIpc) is 2.83. The molecule has 0 saturated carbocycles. The van der Waals surface area contributed by atoms with Crippen LogP contribution in [0.5, 0.6) is 0 Å². The summed E-state index contributed by atoms with van der Waals surface area (Å²) in [6.07, 6.45) is 3.96. The molecule has 0 aromatic heterocycles. The minimum atomic E-state index is -0.406. The third-order valence-corrected chi connectivity index (χ3v) is 3.92. The van der Waals surface area contributed by atoms with Gasteiger partial charge in [0.1, 0.15) is 0 Å². The maximum Gasteiger partial charge on any atom is 0.197 e. The predicted molar refractivity (Wildman–Crippen MR) is 64.0 cm³/mol. The highest BCUT2D eigenvalue weighted by Crippen LogP contribution is 2.52. The van der Waals surface area contributed by atoms with Crippen molar-refractivity contribution >= 4 is 5.69 Å². The standard InChI is InChI=1S/C13H16N2O/c1-12(2)10-6-4-5-7-11(10)15(3)13(12)8-9-14-16-13/h4-9,14H,1-3H3/t13-/m1/s1. The van der Waals surface area contributed by atoms with Crippen LogP contribution in [0.3, 0.4) is 0 Å². The first-order valence-electron chi connectivity index (χ1n) is 5.54. The maximum atomic E-state index is 5.78. The third kappa shape index (κ3) is 0.877. The van der Waals surface area contributed by atoms with E-state index < -0.39 is 5.72 Å². The zero-order chi connectivity index (χ0) is 11.4. The predicted octanol–water partition coefficient (Wildman–Crippen LogP) is 2.16. The number of nitrogens with zero attached hydrogens (tertiary/aromatic N) is 1. The summed E-state index contributed by atoms with van der Waals surface area (Å²) in [6, 6.07) is 8.47. The average molecular weight is 216 g/mol. The van der Waals surface area contributed by atoms with Crippen LogP contribution in [-0.2, 0) is 10.3 Å². The van der Waals surface area contributed by atoms with Crippen LogP contribution in [0.2, 0.25) is 0 Å². The monoisotopic (exact) mass is 216 g/mol. The van der Waals surface area contributed by atoms with E-state index >= 15 is 0 Å². The van der Waals surface area contributed by atoms with Gasteiger partial charge in [-0.15, -0.1) is 0 Å². The van der Waals surface area contributed by atoms with E-state index in [0.717, 1.165) is 0 Å². The molecule has 84 valence electrons. The van der Waals surface area contributed by atoms with Crippen LogP contribution in [0.4, 0.5) is 5.69 Å². The van der Waals surface area contributed by atoms with Crippen molar-refractivity contribution in [1.82, 2.24) is 5.48 Å². The van der Waals surface area contributed by atoms with Crippen LogP contribution in [0, 0.1) is 0 Å². The van der Waals surface area contributed by atoms with E-state index in [1.807, 2.05) is 6.20 Å². The van der Waals surface area contributed by atoms with E-state index in [9.17, 15) is 0 Å². The van der Waals surface area contributed by atoms with E-state index in [2.05, 4.69) is 61.6 Å². The molecule has 0 fully saturated rings. The van der Waals surface area contributed by atoms with Crippen molar-refractivity contribution in [3.8, 4) is 0 Å². The van der Waals surface area contributed by atoms with Gasteiger partial charge in [0.25, 0.3) is 0 Å². The summed E-state index contributed by atoms with van der Waals surface area (Å²) in [5.41, 5.74) is 4.94. The fraction of sp³-hybridized carbons (Fsp3) is 0.385. The quantitative estimate of drug-likeness (QED) is 0.719. The summed E-state index contributed by atoms with van der Waals surface area (Å²) in [5.74, 6) is 0. The summed E-state index contributed by atoms with van der Waals surface area (Å²) in [6.45, 7) is 4.43. The first-order chi connectivity index (χ1) is 7.59. The third-order valence-electron chi connectivity index (χ3n) is 3.92. The lowest BCUT2D eigenvalue weighted by atomic mass is 9.78. The van der Waals surface area contributed by atoms with Crippen molar-refractivity contribution in [2.45, 2.75) is 25.0 Å². The van der Waals surface area contributed by atoms with Gasteiger partial charge in [-0.2, -0.15) is 0 Å². The summed E-state index contributed by atoms with van der Waals surface area (Å²) in [7, 11) is 2.07.